The molecule has 0 spiro atoms. The van der Waals surface area contributed by atoms with Crippen LogP contribution in [0.15, 0.2) is 17.8 Å². The molecule has 1 aliphatic heterocycles. The Labute approximate surface area is 175 Å². The Balaban J connectivity index is 2.18. The molecule has 0 aliphatic carbocycles. The highest BCUT2D eigenvalue weighted by molar-refractivity contribution is 14.1. The minimum Gasteiger partial charge on any atom is -0.469 e. The van der Waals surface area contributed by atoms with E-state index in [9.17, 15) is 14.5 Å². The normalized spacial score (nSPS) is 17.6. The fraction of sp³-hybridized carbons (Fsp3) is 0.533. The van der Waals surface area contributed by atoms with Gasteiger partial charge < -0.3 is 14.7 Å². The van der Waals surface area contributed by atoms with Gasteiger partial charge in [-0.3, -0.25) is 10.1 Å². The first-order chi connectivity index (χ1) is 12.7. The van der Waals surface area contributed by atoms with E-state index in [4.69, 9.17) is 9.39 Å². The molecular formula is C15H21BFIN4O4S. The summed E-state index contributed by atoms with van der Waals surface area (Å²) in [5, 5.41) is 19.0. The fourth-order valence-corrected chi connectivity index (χ4v) is 3.78. The second-order valence-electron chi connectivity index (χ2n) is 5.97. The van der Waals surface area contributed by atoms with Gasteiger partial charge in [0.25, 0.3) is 0 Å². The minimum atomic E-state index is -1.30. The largest absolute Gasteiger partial charge is 0.469 e. The first-order valence-electron chi connectivity index (χ1n) is 8.19. The maximum absolute atomic E-state index is 14.0. The van der Waals surface area contributed by atoms with E-state index < -0.39 is 11.1 Å². The van der Waals surface area contributed by atoms with Crippen molar-refractivity contribution >= 4 is 49.4 Å². The summed E-state index contributed by atoms with van der Waals surface area (Å²) in [4.78, 5) is 10.9. The van der Waals surface area contributed by atoms with Gasteiger partial charge in [-0.2, -0.15) is 11.6 Å². The van der Waals surface area contributed by atoms with Crippen LogP contribution in [0.4, 0.5) is 10.1 Å². The Morgan fingerprint density at radius 1 is 1.56 bits per heavy atom. The molecule has 0 amide bonds. The van der Waals surface area contributed by atoms with E-state index in [1.807, 2.05) is 48.4 Å². The molecule has 2 unspecified atom stereocenters. The number of allylic oxidation sites excluding steroid dienone is 3. The number of ether oxygens (including phenoxy) is 1. The Kier molecular flexibility index (Phi) is 7.97. The van der Waals surface area contributed by atoms with Crippen LogP contribution >= 0.6 is 34.0 Å². The first-order valence-corrected chi connectivity index (χ1v) is 10.5. The minimum absolute atomic E-state index is 0.0824. The Morgan fingerprint density at radius 3 is 2.85 bits per heavy atom. The zero-order chi connectivity index (χ0) is 20.1. The van der Waals surface area contributed by atoms with Crippen molar-refractivity contribution in [2.75, 3.05) is 19.5 Å². The summed E-state index contributed by atoms with van der Waals surface area (Å²) >= 11 is 3.33. The lowest BCUT2D eigenvalue weighted by atomic mass is 10.1. The summed E-state index contributed by atoms with van der Waals surface area (Å²) in [6, 6.07) is -0.0824. The second-order valence-corrected chi connectivity index (χ2v) is 9.04. The number of rotatable bonds is 9. The van der Waals surface area contributed by atoms with Gasteiger partial charge in [0.2, 0.25) is 0 Å². The summed E-state index contributed by atoms with van der Waals surface area (Å²) in [6.45, 7) is 5.14. The molecular weight excluding hydrogens is 489 g/mol. The van der Waals surface area contributed by atoms with Crippen LogP contribution in [0.2, 0.25) is 0 Å². The van der Waals surface area contributed by atoms with Gasteiger partial charge >= 0.3 is 15.6 Å². The third-order valence-electron chi connectivity index (χ3n) is 3.87. The number of hydrogen-bond acceptors (Lipinski definition) is 7. The SMILES string of the molecule is COB(I)SCC(F)COc1nn(C2=CC=C(C)NC2C)c(C)c1[N+](=O)[O-]. The third kappa shape index (κ3) is 5.61. The van der Waals surface area contributed by atoms with Gasteiger partial charge in [0.05, 0.1) is 16.7 Å². The molecule has 12 heteroatoms. The van der Waals surface area contributed by atoms with Crippen LogP contribution in [0.25, 0.3) is 5.70 Å². The van der Waals surface area contributed by atoms with Gasteiger partial charge in [-0.25, -0.2) is 9.07 Å². The van der Waals surface area contributed by atoms with Gasteiger partial charge in [-0.05, 0) is 32.9 Å². The van der Waals surface area contributed by atoms with Crippen molar-refractivity contribution < 1.29 is 18.7 Å². The van der Waals surface area contributed by atoms with Gasteiger partial charge in [0.1, 0.15) is 18.5 Å². The molecule has 1 aromatic heterocycles. The molecule has 148 valence electrons. The molecule has 0 fully saturated rings. The van der Waals surface area contributed by atoms with Crippen molar-refractivity contribution in [3.8, 4) is 5.88 Å². The van der Waals surface area contributed by atoms with E-state index in [1.54, 1.807) is 14.0 Å². The molecule has 1 N–H and O–H groups in total. The topological polar surface area (TPSA) is 91.5 Å². The number of aromatic nitrogens is 2. The third-order valence-corrected chi connectivity index (χ3v) is 6.46. The Hall–Kier alpha value is -1.28. The quantitative estimate of drug-likeness (QED) is 0.236. The predicted octanol–water partition coefficient (Wildman–Crippen LogP) is 3.35. The monoisotopic (exact) mass is 510 g/mol. The first kappa shape index (κ1) is 22.0. The van der Waals surface area contributed by atoms with E-state index >= 15 is 0 Å². The summed E-state index contributed by atoms with van der Waals surface area (Å²) in [5.41, 5.74) is 1.82. The highest BCUT2D eigenvalue weighted by atomic mass is 127. The molecule has 0 bridgehead atoms. The van der Waals surface area contributed by atoms with Crippen LogP contribution in [0.1, 0.15) is 19.5 Å². The fourth-order valence-electron chi connectivity index (χ4n) is 2.56. The Morgan fingerprint density at radius 2 is 2.26 bits per heavy atom. The molecule has 1 aromatic rings. The number of nitrogens with one attached hydrogen (secondary N) is 1. The van der Waals surface area contributed by atoms with Gasteiger partial charge in [0, 0.05) is 18.6 Å². The van der Waals surface area contributed by atoms with E-state index in [2.05, 4.69) is 10.4 Å². The second kappa shape index (κ2) is 9.78. The predicted molar refractivity (Wildman–Crippen MR) is 114 cm³/mol. The van der Waals surface area contributed by atoms with Crippen LogP contribution in [0.5, 0.6) is 5.88 Å². The van der Waals surface area contributed by atoms with Crippen LogP contribution in [0, 0.1) is 17.0 Å². The molecule has 2 heterocycles. The lowest BCUT2D eigenvalue weighted by Crippen LogP contribution is -2.31. The van der Waals surface area contributed by atoms with Gasteiger partial charge in [-0.1, -0.05) is 22.4 Å². The summed E-state index contributed by atoms with van der Waals surface area (Å²) in [7, 11) is 1.54. The maximum atomic E-state index is 14.0. The van der Waals surface area contributed by atoms with E-state index in [1.165, 1.54) is 16.3 Å². The number of nitrogens with zero attached hydrogens (tertiary/aromatic N) is 3. The molecule has 0 aromatic carbocycles. The molecule has 1 aliphatic rings. The van der Waals surface area contributed by atoms with Crippen molar-refractivity contribution in [3.63, 3.8) is 0 Å². The number of halogens is 2. The number of nitro groups is 1. The van der Waals surface area contributed by atoms with E-state index in [-0.39, 0.29) is 34.0 Å². The molecule has 0 radical (unpaired) electrons. The van der Waals surface area contributed by atoms with Gasteiger partial charge in [-0.15, -0.1) is 5.10 Å². The van der Waals surface area contributed by atoms with Crippen LogP contribution in [-0.4, -0.2) is 50.4 Å². The van der Waals surface area contributed by atoms with Gasteiger partial charge in [0.15, 0.2) is 0 Å². The highest BCUT2D eigenvalue weighted by Gasteiger charge is 2.30. The summed E-state index contributed by atoms with van der Waals surface area (Å²) in [5.74, 6) is -0.0206. The molecule has 0 saturated carbocycles. The van der Waals surface area contributed by atoms with Crippen LogP contribution < -0.4 is 10.1 Å². The van der Waals surface area contributed by atoms with Crippen molar-refractivity contribution in [3.05, 3.63) is 33.7 Å². The molecule has 2 atom stereocenters. The number of hydrogen-bond donors (Lipinski definition) is 1. The average Bonchev–Trinajstić information content (AvgIpc) is 2.94. The zero-order valence-corrected chi connectivity index (χ0v) is 18.4. The van der Waals surface area contributed by atoms with Crippen molar-refractivity contribution in [2.45, 2.75) is 33.0 Å². The average molecular weight is 510 g/mol. The lowest BCUT2D eigenvalue weighted by Gasteiger charge is -2.23. The standard InChI is InChI=1S/C15H21BFIN4O4S/c1-9-5-6-13(10(2)19-9)21-11(3)14(22(23)24)15(20-21)26-7-12(17)8-27-16(18)25-4/h5-6,10,12,19H,7-8H2,1-4H3. The van der Waals surface area contributed by atoms with Crippen LogP contribution in [-0.2, 0) is 4.65 Å². The van der Waals surface area contributed by atoms with Crippen molar-refractivity contribution in [1.29, 1.82) is 0 Å². The van der Waals surface area contributed by atoms with Crippen molar-refractivity contribution in [1.82, 2.24) is 15.1 Å². The zero-order valence-electron chi connectivity index (χ0n) is 15.4. The van der Waals surface area contributed by atoms with Crippen molar-refractivity contribution in [2.24, 2.45) is 0 Å². The van der Waals surface area contributed by atoms with E-state index in [0.29, 0.717) is 5.69 Å². The maximum Gasteiger partial charge on any atom is 0.435 e. The summed E-state index contributed by atoms with van der Waals surface area (Å²) in [6.07, 6.45) is 2.42. The smallest absolute Gasteiger partial charge is 0.435 e. The summed E-state index contributed by atoms with van der Waals surface area (Å²) < 4.78 is 25.8. The molecule has 8 nitrogen and oxygen atoms in total. The molecule has 2 rings (SSSR count). The molecule has 27 heavy (non-hydrogen) atoms. The van der Waals surface area contributed by atoms with E-state index in [0.717, 1.165) is 11.4 Å². The lowest BCUT2D eigenvalue weighted by molar-refractivity contribution is -0.386. The molecule has 0 saturated heterocycles. The highest BCUT2D eigenvalue weighted by Crippen LogP contribution is 2.33. The number of dihydropyridines is 1. The Bertz CT molecular complexity index is 760. The number of alkyl halides is 1. The van der Waals surface area contributed by atoms with Crippen LogP contribution in [0.3, 0.4) is 0 Å².